The summed E-state index contributed by atoms with van der Waals surface area (Å²) in [5.74, 6) is 6.91. The first-order chi connectivity index (χ1) is 12.3. The normalized spacial score (nSPS) is 29.2. The zero-order valence-corrected chi connectivity index (χ0v) is 14.7. The van der Waals surface area contributed by atoms with Gasteiger partial charge < -0.3 is 9.57 Å². The SMILES string of the molecule is Cc1cccc(C#CC2=C/C(=N\OCC3CC4CCC3O4)CCC2)n1. The molecule has 0 amide bonds. The van der Waals surface area contributed by atoms with Crippen molar-refractivity contribution >= 4 is 5.71 Å². The molecule has 4 rings (SSSR count). The van der Waals surface area contributed by atoms with E-state index in [1.165, 1.54) is 12.8 Å². The highest BCUT2D eigenvalue weighted by Gasteiger charge is 2.41. The van der Waals surface area contributed by atoms with Gasteiger partial charge in [-0.1, -0.05) is 17.1 Å². The van der Waals surface area contributed by atoms with Crippen molar-refractivity contribution in [3.63, 3.8) is 0 Å². The molecule has 1 aliphatic carbocycles. The van der Waals surface area contributed by atoms with Gasteiger partial charge in [-0.3, -0.25) is 0 Å². The quantitative estimate of drug-likeness (QED) is 0.623. The van der Waals surface area contributed by atoms with E-state index in [0.29, 0.717) is 24.7 Å². The summed E-state index contributed by atoms with van der Waals surface area (Å²) in [4.78, 5) is 10.1. The molecular weight excluding hydrogens is 312 g/mol. The summed E-state index contributed by atoms with van der Waals surface area (Å²) >= 11 is 0. The molecule has 1 aromatic rings. The minimum atomic E-state index is 0.398. The van der Waals surface area contributed by atoms with E-state index in [2.05, 4.69) is 28.1 Å². The standard InChI is InChI=1S/C21H24N2O2/c1-15-4-2-6-18(22-15)9-8-16-5-3-7-19(12-16)23-24-14-17-13-20-10-11-21(17)25-20/h2,4,6,12,17,20-21H,3,5,7,10-11,13-14H2,1H3/b23-19-. The number of hydrogen-bond acceptors (Lipinski definition) is 4. The molecule has 4 heteroatoms. The van der Waals surface area contributed by atoms with Crippen LogP contribution in [0.3, 0.4) is 0 Å². The Morgan fingerprint density at radius 1 is 1.28 bits per heavy atom. The fourth-order valence-electron chi connectivity index (χ4n) is 3.87. The number of fused-ring (bicyclic) bond motifs is 2. The highest BCUT2D eigenvalue weighted by Crippen LogP contribution is 2.38. The van der Waals surface area contributed by atoms with Crippen LogP contribution < -0.4 is 0 Å². The van der Waals surface area contributed by atoms with Crippen LogP contribution in [0.4, 0.5) is 0 Å². The van der Waals surface area contributed by atoms with Gasteiger partial charge in [-0.25, -0.2) is 4.98 Å². The van der Waals surface area contributed by atoms with E-state index in [-0.39, 0.29) is 0 Å². The second-order valence-electron chi connectivity index (χ2n) is 7.19. The zero-order valence-electron chi connectivity index (χ0n) is 14.7. The van der Waals surface area contributed by atoms with Crippen molar-refractivity contribution in [3.8, 4) is 11.8 Å². The van der Waals surface area contributed by atoms with Crippen LogP contribution in [0.2, 0.25) is 0 Å². The number of nitrogens with zero attached hydrogens (tertiary/aromatic N) is 2. The van der Waals surface area contributed by atoms with E-state index in [9.17, 15) is 0 Å². The average Bonchev–Trinajstić information content (AvgIpc) is 3.24. The summed E-state index contributed by atoms with van der Waals surface area (Å²) in [6.45, 7) is 2.65. The molecular formula is C21H24N2O2. The largest absolute Gasteiger partial charge is 0.395 e. The van der Waals surface area contributed by atoms with Gasteiger partial charge in [-0.2, -0.15) is 0 Å². The second-order valence-corrected chi connectivity index (χ2v) is 7.19. The molecule has 0 saturated carbocycles. The number of aryl methyl sites for hydroxylation is 1. The summed E-state index contributed by atoms with van der Waals surface area (Å²) < 4.78 is 5.86. The van der Waals surface area contributed by atoms with Crippen molar-refractivity contribution in [2.24, 2.45) is 11.1 Å². The van der Waals surface area contributed by atoms with Crippen LogP contribution >= 0.6 is 0 Å². The van der Waals surface area contributed by atoms with Gasteiger partial charge in [-0.05, 0) is 69.6 Å². The molecule has 130 valence electrons. The number of hydrogen-bond donors (Lipinski definition) is 0. The van der Waals surface area contributed by atoms with Gasteiger partial charge in [0, 0.05) is 17.2 Å². The van der Waals surface area contributed by atoms with Gasteiger partial charge >= 0.3 is 0 Å². The van der Waals surface area contributed by atoms with Crippen molar-refractivity contribution in [1.82, 2.24) is 4.98 Å². The van der Waals surface area contributed by atoms with Gasteiger partial charge in [0.1, 0.15) is 12.3 Å². The van der Waals surface area contributed by atoms with Crippen LogP contribution in [0.1, 0.15) is 49.9 Å². The first kappa shape index (κ1) is 16.4. The van der Waals surface area contributed by atoms with E-state index < -0.39 is 0 Å². The van der Waals surface area contributed by atoms with Crippen LogP contribution in [-0.2, 0) is 9.57 Å². The van der Waals surface area contributed by atoms with Crippen LogP contribution in [0.5, 0.6) is 0 Å². The summed E-state index contributed by atoms with van der Waals surface area (Å²) in [6, 6.07) is 5.91. The van der Waals surface area contributed by atoms with Crippen molar-refractivity contribution in [2.45, 2.75) is 57.7 Å². The number of rotatable bonds is 3. The number of ether oxygens (including phenoxy) is 1. The molecule has 25 heavy (non-hydrogen) atoms. The minimum absolute atomic E-state index is 0.398. The Kier molecular flexibility index (Phi) is 4.85. The maximum atomic E-state index is 5.86. The van der Waals surface area contributed by atoms with Crippen LogP contribution in [0, 0.1) is 24.7 Å². The van der Waals surface area contributed by atoms with Gasteiger partial charge in [0.2, 0.25) is 0 Å². The van der Waals surface area contributed by atoms with Crippen molar-refractivity contribution in [2.75, 3.05) is 6.61 Å². The average molecular weight is 336 g/mol. The van der Waals surface area contributed by atoms with Crippen molar-refractivity contribution in [1.29, 1.82) is 0 Å². The van der Waals surface area contributed by atoms with E-state index in [1.807, 2.05) is 25.1 Å². The van der Waals surface area contributed by atoms with Crippen LogP contribution in [0.15, 0.2) is 35.0 Å². The Labute approximate surface area is 149 Å². The second kappa shape index (κ2) is 7.41. The predicted molar refractivity (Wildman–Crippen MR) is 97.2 cm³/mol. The molecule has 1 aromatic heterocycles. The smallest absolute Gasteiger partial charge is 0.122 e. The predicted octanol–water partition coefficient (Wildman–Crippen LogP) is 3.79. The van der Waals surface area contributed by atoms with Crippen molar-refractivity contribution in [3.05, 3.63) is 41.2 Å². The molecule has 3 unspecified atom stereocenters. The maximum absolute atomic E-state index is 5.86. The minimum Gasteiger partial charge on any atom is -0.395 e. The summed E-state index contributed by atoms with van der Waals surface area (Å²) in [5.41, 5.74) is 3.92. The molecule has 2 aliphatic heterocycles. The van der Waals surface area contributed by atoms with E-state index in [0.717, 1.165) is 48.4 Å². The number of allylic oxidation sites excluding steroid dienone is 2. The molecule has 2 fully saturated rings. The molecule has 3 atom stereocenters. The molecule has 3 heterocycles. The third-order valence-corrected chi connectivity index (χ3v) is 5.16. The fourth-order valence-corrected chi connectivity index (χ4v) is 3.87. The van der Waals surface area contributed by atoms with Gasteiger partial charge in [-0.15, -0.1) is 0 Å². The third-order valence-electron chi connectivity index (χ3n) is 5.16. The topological polar surface area (TPSA) is 43.7 Å². The number of pyridine rings is 1. The Morgan fingerprint density at radius 2 is 2.24 bits per heavy atom. The molecule has 2 saturated heterocycles. The monoisotopic (exact) mass is 336 g/mol. The summed E-state index contributed by atoms with van der Waals surface area (Å²) in [6.07, 6.45) is 9.50. The molecule has 0 aromatic carbocycles. The lowest BCUT2D eigenvalue weighted by molar-refractivity contribution is 0.0538. The number of aromatic nitrogens is 1. The zero-order chi connectivity index (χ0) is 17.1. The van der Waals surface area contributed by atoms with E-state index in [4.69, 9.17) is 9.57 Å². The summed E-state index contributed by atoms with van der Waals surface area (Å²) in [5, 5.41) is 4.35. The lowest BCUT2D eigenvalue weighted by Crippen LogP contribution is -2.21. The van der Waals surface area contributed by atoms with Gasteiger partial charge in [0.25, 0.3) is 0 Å². The van der Waals surface area contributed by atoms with Gasteiger partial charge in [0.15, 0.2) is 0 Å². The summed E-state index contributed by atoms with van der Waals surface area (Å²) in [7, 11) is 0. The Hall–Kier alpha value is -2.12. The first-order valence-corrected chi connectivity index (χ1v) is 9.27. The lowest BCUT2D eigenvalue weighted by atomic mass is 9.90. The third kappa shape index (κ3) is 4.11. The Bertz CT molecular complexity index is 757. The molecule has 0 spiro atoms. The lowest BCUT2D eigenvalue weighted by Gasteiger charge is -2.17. The first-order valence-electron chi connectivity index (χ1n) is 9.27. The van der Waals surface area contributed by atoms with Crippen molar-refractivity contribution < 1.29 is 9.57 Å². The Morgan fingerprint density at radius 3 is 3.04 bits per heavy atom. The molecule has 3 aliphatic rings. The molecule has 0 N–H and O–H groups in total. The van der Waals surface area contributed by atoms with E-state index in [1.54, 1.807) is 0 Å². The highest BCUT2D eigenvalue weighted by molar-refractivity contribution is 5.96. The molecule has 0 radical (unpaired) electrons. The maximum Gasteiger partial charge on any atom is 0.122 e. The van der Waals surface area contributed by atoms with Gasteiger partial charge in [0.05, 0.1) is 17.9 Å². The van der Waals surface area contributed by atoms with Crippen LogP contribution in [-0.4, -0.2) is 29.5 Å². The van der Waals surface area contributed by atoms with E-state index >= 15 is 0 Å². The fraction of sp³-hybridized carbons (Fsp3) is 0.524. The highest BCUT2D eigenvalue weighted by atomic mass is 16.6. The Balaban J connectivity index is 1.35. The van der Waals surface area contributed by atoms with Crippen LogP contribution in [0.25, 0.3) is 0 Å². The number of oxime groups is 1. The molecule has 2 bridgehead atoms. The molecule has 4 nitrogen and oxygen atoms in total.